The Morgan fingerprint density at radius 3 is 1.59 bits per heavy atom. The molecule has 1 saturated carbocycles. The molecule has 0 heterocycles. The van der Waals surface area contributed by atoms with E-state index < -0.39 is 81.8 Å². The van der Waals surface area contributed by atoms with Crippen LogP contribution < -0.4 is 0 Å². The summed E-state index contributed by atoms with van der Waals surface area (Å²) in [5, 5.41) is 60.6. The van der Waals surface area contributed by atoms with Crippen LogP contribution in [0.3, 0.4) is 0 Å². The fourth-order valence-electron chi connectivity index (χ4n) is 6.86. The van der Waals surface area contributed by atoms with Gasteiger partial charge in [0, 0.05) is 12.8 Å². The molecular weight excluding hydrogens is 868 g/mol. The van der Waals surface area contributed by atoms with Gasteiger partial charge < -0.3 is 45.0 Å². The number of esters is 2. The summed E-state index contributed by atoms with van der Waals surface area (Å²) in [6.07, 6.45) is 35.1. The highest BCUT2D eigenvalue weighted by Crippen LogP contribution is 2.47. The van der Waals surface area contributed by atoms with Crippen LogP contribution in [-0.4, -0.2) is 110 Å². The molecule has 378 valence electrons. The Morgan fingerprint density at radius 1 is 0.561 bits per heavy atom. The highest BCUT2D eigenvalue weighted by molar-refractivity contribution is 7.47. The van der Waals surface area contributed by atoms with Gasteiger partial charge in [-0.3, -0.25) is 18.6 Å². The van der Waals surface area contributed by atoms with Gasteiger partial charge in [-0.25, -0.2) is 4.57 Å². The van der Waals surface area contributed by atoms with Gasteiger partial charge in [0.15, 0.2) is 6.10 Å². The fourth-order valence-corrected chi connectivity index (χ4v) is 7.83. The number of ether oxygens (including phenoxy) is 2. The van der Waals surface area contributed by atoms with Crippen molar-refractivity contribution >= 4 is 19.8 Å². The van der Waals surface area contributed by atoms with Crippen LogP contribution in [0, 0.1) is 0 Å². The SMILES string of the molecule is CC/C=C\C/C=C\C/C=C\C/C=C\C/C=C\C=C/C(O)CCC(=O)O[C@H](COC(=O)CCCCCCCCC/C=C\CCCCCCCC)COP(=O)(O)OC1[C@H](O)[C@H](O)C(O)[C@H](O)[C@H]1O. The summed E-state index contributed by atoms with van der Waals surface area (Å²) >= 11 is 0. The lowest BCUT2D eigenvalue weighted by Crippen LogP contribution is -2.64. The lowest BCUT2D eigenvalue weighted by Gasteiger charge is -2.41. The Bertz CT molecular complexity index is 1490. The summed E-state index contributed by atoms with van der Waals surface area (Å²) in [5.41, 5.74) is 0. The topological polar surface area (TPSA) is 230 Å². The molecule has 0 aromatic heterocycles. The van der Waals surface area contributed by atoms with Crippen molar-refractivity contribution in [1.29, 1.82) is 0 Å². The summed E-state index contributed by atoms with van der Waals surface area (Å²) in [6, 6.07) is 0. The number of allylic oxidation sites excluding steroid dienone is 13. The predicted molar refractivity (Wildman–Crippen MR) is 259 cm³/mol. The molecule has 66 heavy (non-hydrogen) atoms. The summed E-state index contributed by atoms with van der Waals surface area (Å²) in [4.78, 5) is 35.8. The second-order valence-corrected chi connectivity index (χ2v) is 18.2. The predicted octanol–water partition coefficient (Wildman–Crippen LogP) is 9.03. The summed E-state index contributed by atoms with van der Waals surface area (Å²) in [7, 11) is -5.19. The first-order valence-corrected chi connectivity index (χ1v) is 26.0. The minimum absolute atomic E-state index is 0.0146. The largest absolute Gasteiger partial charge is 0.472 e. The molecule has 1 aliphatic rings. The first-order chi connectivity index (χ1) is 31.8. The molecule has 0 saturated heterocycles. The Kier molecular flexibility index (Phi) is 36.9. The number of aliphatic hydroxyl groups excluding tert-OH is 6. The van der Waals surface area contributed by atoms with Gasteiger partial charge in [-0.1, -0.05) is 163 Å². The van der Waals surface area contributed by atoms with Gasteiger partial charge in [0.25, 0.3) is 0 Å². The van der Waals surface area contributed by atoms with Crippen LogP contribution in [0.25, 0.3) is 0 Å². The molecule has 1 aliphatic carbocycles. The number of carbonyl (C=O) groups excluding carboxylic acids is 2. The van der Waals surface area contributed by atoms with Gasteiger partial charge in [-0.05, 0) is 70.6 Å². The molecule has 1 fully saturated rings. The van der Waals surface area contributed by atoms with E-state index in [1.165, 1.54) is 44.6 Å². The third-order valence-electron chi connectivity index (χ3n) is 10.8. The number of hydrogen-bond donors (Lipinski definition) is 7. The van der Waals surface area contributed by atoms with Crippen molar-refractivity contribution in [3.05, 3.63) is 85.1 Å². The van der Waals surface area contributed by atoms with E-state index in [4.69, 9.17) is 18.5 Å². The third-order valence-corrected chi connectivity index (χ3v) is 11.8. The molecular formula is C51H85O14P. The number of unbranched alkanes of at least 4 members (excludes halogenated alkanes) is 13. The minimum atomic E-state index is -5.19. The fraction of sp³-hybridized carbons (Fsp3) is 0.686. The molecule has 1 rings (SSSR count). The van der Waals surface area contributed by atoms with Crippen molar-refractivity contribution in [3.63, 3.8) is 0 Å². The molecule has 0 radical (unpaired) electrons. The lowest BCUT2D eigenvalue weighted by atomic mass is 9.85. The Hall–Kier alpha value is -3.01. The molecule has 0 bridgehead atoms. The summed E-state index contributed by atoms with van der Waals surface area (Å²) < 4.78 is 33.4. The maximum absolute atomic E-state index is 12.8. The van der Waals surface area contributed by atoms with Crippen LogP contribution >= 0.6 is 7.82 Å². The number of rotatable bonds is 39. The molecule has 0 aromatic carbocycles. The molecule has 7 N–H and O–H groups in total. The third kappa shape index (κ3) is 31.9. The maximum Gasteiger partial charge on any atom is 0.472 e. The Morgan fingerprint density at radius 2 is 1.05 bits per heavy atom. The molecule has 0 amide bonds. The van der Waals surface area contributed by atoms with Crippen LogP contribution in [0.4, 0.5) is 0 Å². The molecule has 14 nitrogen and oxygen atoms in total. The molecule has 0 spiro atoms. The molecule has 15 heteroatoms. The number of phosphoric acid groups is 1. The first kappa shape index (κ1) is 61.0. The second kappa shape index (κ2) is 39.9. The Balaban J connectivity index is 2.55. The van der Waals surface area contributed by atoms with Crippen molar-refractivity contribution in [1.82, 2.24) is 0 Å². The quantitative estimate of drug-likeness (QED) is 0.0100. The monoisotopic (exact) mass is 953 g/mol. The molecule has 0 aromatic rings. The van der Waals surface area contributed by atoms with Gasteiger partial charge in [0.2, 0.25) is 0 Å². The standard InChI is InChI=1S/C51H85O14P/c1-3-5-7-9-11-13-15-17-19-21-23-25-27-29-31-33-35-37-44(53)62-40-43(41-63-66(60,61)65-51-49(58)47(56)46(55)48(57)50(51)59)64-45(54)39-38-42(52)36-34-32-30-28-26-24-22-20-18-16-14-12-10-8-6-4-2/h6,8,12,14,17-20,24,26,30,32,34,36,42-43,46-52,55-59H,3-5,7,9-11,13,15-16,21-23,25,27-29,31,33,35,37-41H2,1-2H3,(H,60,61)/b8-6-,14-12-,19-17-,20-18-,26-24-,32-30-,36-34-/t42?,43-,46?,47-,48+,49-,50-,51?/m1/s1. The summed E-state index contributed by atoms with van der Waals surface area (Å²) in [5.74, 6) is -1.39. The number of carbonyl (C=O) groups is 2. The average Bonchev–Trinajstić information content (AvgIpc) is 3.30. The maximum atomic E-state index is 12.8. The van der Waals surface area contributed by atoms with Gasteiger partial charge >= 0.3 is 19.8 Å². The molecule has 4 unspecified atom stereocenters. The van der Waals surface area contributed by atoms with E-state index in [1.54, 1.807) is 12.2 Å². The van der Waals surface area contributed by atoms with Gasteiger partial charge in [0.05, 0.1) is 12.7 Å². The number of aliphatic hydroxyl groups is 6. The van der Waals surface area contributed by atoms with Crippen LogP contribution in [0.2, 0.25) is 0 Å². The highest BCUT2D eigenvalue weighted by Gasteiger charge is 2.51. The van der Waals surface area contributed by atoms with Crippen molar-refractivity contribution in [2.24, 2.45) is 0 Å². The zero-order valence-electron chi connectivity index (χ0n) is 39.8. The van der Waals surface area contributed by atoms with Crippen molar-refractivity contribution in [2.45, 2.75) is 210 Å². The van der Waals surface area contributed by atoms with E-state index in [2.05, 4.69) is 68.5 Å². The number of phosphoric ester groups is 1. The van der Waals surface area contributed by atoms with E-state index in [0.29, 0.717) is 12.8 Å². The summed E-state index contributed by atoms with van der Waals surface area (Å²) in [6.45, 7) is 2.98. The second-order valence-electron chi connectivity index (χ2n) is 16.8. The van der Waals surface area contributed by atoms with Crippen molar-refractivity contribution < 1.29 is 68.2 Å². The van der Waals surface area contributed by atoms with E-state index in [0.717, 1.165) is 77.0 Å². The van der Waals surface area contributed by atoms with E-state index in [-0.39, 0.29) is 19.3 Å². The van der Waals surface area contributed by atoms with E-state index in [1.807, 2.05) is 12.2 Å². The molecule has 0 aliphatic heterocycles. The number of hydrogen-bond acceptors (Lipinski definition) is 13. The van der Waals surface area contributed by atoms with Crippen molar-refractivity contribution in [2.75, 3.05) is 13.2 Å². The highest BCUT2D eigenvalue weighted by atomic mass is 31.2. The van der Waals surface area contributed by atoms with E-state index >= 15 is 0 Å². The zero-order valence-corrected chi connectivity index (χ0v) is 40.7. The lowest BCUT2D eigenvalue weighted by molar-refractivity contribution is -0.220. The average molecular weight is 953 g/mol. The smallest absolute Gasteiger partial charge is 0.462 e. The van der Waals surface area contributed by atoms with Gasteiger partial charge in [-0.2, -0.15) is 0 Å². The molecule has 9 atom stereocenters. The first-order valence-electron chi connectivity index (χ1n) is 24.5. The van der Waals surface area contributed by atoms with Crippen LogP contribution in [0.1, 0.15) is 162 Å². The van der Waals surface area contributed by atoms with E-state index in [9.17, 15) is 49.7 Å². The zero-order chi connectivity index (χ0) is 48.7. The Labute approximate surface area is 395 Å². The van der Waals surface area contributed by atoms with Gasteiger partial charge in [-0.15, -0.1) is 0 Å². The van der Waals surface area contributed by atoms with Gasteiger partial charge in [0.1, 0.15) is 43.2 Å². The van der Waals surface area contributed by atoms with Crippen LogP contribution in [-0.2, 0) is 32.7 Å². The van der Waals surface area contributed by atoms with Crippen LogP contribution in [0.5, 0.6) is 0 Å². The normalized spacial score (nSPS) is 22.5. The van der Waals surface area contributed by atoms with Crippen molar-refractivity contribution in [3.8, 4) is 0 Å². The van der Waals surface area contributed by atoms with Crippen LogP contribution in [0.15, 0.2) is 85.1 Å². The minimum Gasteiger partial charge on any atom is -0.462 e.